The summed E-state index contributed by atoms with van der Waals surface area (Å²) in [5.41, 5.74) is 7.33. The fourth-order valence-corrected chi connectivity index (χ4v) is 1.74. The number of carbonyl (C=O) groups is 2. The van der Waals surface area contributed by atoms with Gasteiger partial charge in [-0.2, -0.15) is 0 Å². The van der Waals surface area contributed by atoms with Crippen LogP contribution in [0.2, 0.25) is 0 Å². The van der Waals surface area contributed by atoms with Crippen LogP contribution in [0, 0.1) is 0 Å². The van der Waals surface area contributed by atoms with Crippen LogP contribution in [0.25, 0.3) is 0 Å². The summed E-state index contributed by atoms with van der Waals surface area (Å²) >= 11 is 0. The topological polar surface area (TPSA) is 75.4 Å². The Morgan fingerprint density at radius 1 is 1.30 bits per heavy atom. The lowest BCUT2D eigenvalue weighted by atomic mass is 10.2. The number of carbonyl (C=O) groups excluding carboxylic acids is 2. The number of benzene rings is 1. The molecule has 2 amide bonds. The lowest BCUT2D eigenvalue weighted by molar-refractivity contribution is -0.128. The summed E-state index contributed by atoms with van der Waals surface area (Å²) in [6, 6.07) is 6.70. The molecule has 0 saturated carbocycles. The maximum atomic E-state index is 12.0. The first-order valence-electron chi connectivity index (χ1n) is 6.50. The Kier molecular flexibility index (Phi) is 5.77. The van der Waals surface area contributed by atoms with Crippen molar-refractivity contribution in [1.29, 1.82) is 0 Å². The van der Waals surface area contributed by atoms with Gasteiger partial charge >= 0.3 is 0 Å². The van der Waals surface area contributed by atoms with Crippen molar-refractivity contribution in [1.82, 2.24) is 4.90 Å². The lowest BCUT2D eigenvalue weighted by Gasteiger charge is -2.21. The number of nitrogens with zero attached hydrogens (tertiary/aromatic N) is 1. The molecule has 0 fully saturated rings. The molecule has 0 saturated heterocycles. The maximum Gasteiger partial charge on any atom is 0.248 e. The summed E-state index contributed by atoms with van der Waals surface area (Å²) in [5, 5.41) is 3.03. The Balaban J connectivity index is 2.55. The number of hydrogen-bond donors (Lipinski definition) is 2. The van der Waals surface area contributed by atoms with Gasteiger partial charge < -0.3 is 16.0 Å². The molecule has 0 bridgehead atoms. The molecule has 5 heteroatoms. The minimum Gasteiger partial charge on any atom is -0.376 e. The van der Waals surface area contributed by atoms with Gasteiger partial charge in [0, 0.05) is 24.3 Å². The lowest BCUT2D eigenvalue weighted by Crippen LogP contribution is -2.36. The Morgan fingerprint density at radius 2 is 1.90 bits per heavy atom. The Bertz CT molecular complexity index is 494. The zero-order chi connectivity index (χ0) is 15.1. The third-order valence-electron chi connectivity index (χ3n) is 2.81. The predicted octanol–water partition coefficient (Wildman–Crippen LogP) is 1.62. The summed E-state index contributed by atoms with van der Waals surface area (Å²) in [5.74, 6) is -0.458. The van der Waals surface area contributed by atoms with Crippen LogP contribution >= 0.6 is 0 Å². The Hall–Kier alpha value is -2.30. The first-order chi connectivity index (χ1) is 9.43. The quantitative estimate of drug-likeness (QED) is 0.742. The molecular formula is C15H21N3O2. The number of rotatable bonds is 7. The molecule has 108 valence electrons. The van der Waals surface area contributed by atoms with Gasteiger partial charge in [0.15, 0.2) is 0 Å². The third-order valence-corrected chi connectivity index (χ3v) is 2.81. The van der Waals surface area contributed by atoms with Crippen LogP contribution in [-0.4, -0.2) is 36.3 Å². The molecule has 0 radical (unpaired) electrons. The van der Waals surface area contributed by atoms with Gasteiger partial charge in [0.25, 0.3) is 0 Å². The van der Waals surface area contributed by atoms with E-state index in [4.69, 9.17) is 5.73 Å². The van der Waals surface area contributed by atoms with E-state index < -0.39 is 5.91 Å². The van der Waals surface area contributed by atoms with E-state index in [1.165, 1.54) is 0 Å². The van der Waals surface area contributed by atoms with Crippen molar-refractivity contribution in [3.05, 3.63) is 42.0 Å². The number of amides is 2. The first-order valence-corrected chi connectivity index (χ1v) is 6.50. The minimum absolute atomic E-state index is 0.00878. The normalized spacial score (nSPS) is 9.90. The van der Waals surface area contributed by atoms with E-state index in [0.29, 0.717) is 18.7 Å². The highest BCUT2D eigenvalue weighted by Crippen LogP contribution is 2.09. The summed E-state index contributed by atoms with van der Waals surface area (Å²) in [7, 11) is 0. The van der Waals surface area contributed by atoms with Gasteiger partial charge in [-0.15, -0.1) is 0 Å². The molecule has 0 aromatic heterocycles. The van der Waals surface area contributed by atoms with Crippen molar-refractivity contribution in [2.45, 2.75) is 13.8 Å². The molecule has 5 nitrogen and oxygen atoms in total. The number of nitrogens with two attached hydrogens (primary N) is 1. The summed E-state index contributed by atoms with van der Waals surface area (Å²) in [6.07, 6.45) is 0. The molecule has 1 aromatic rings. The van der Waals surface area contributed by atoms with Gasteiger partial charge in [0.2, 0.25) is 11.8 Å². The van der Waals surface area contributed by atoms with Gasteiger partial charge in [-0.05, 0) is 38.1 Å². The van der Waals surface area contributed by atoms with E-state index in [2.05, 4.69) is 11.9 Å². The molecule has 3 N–H and O–H groups in total. The molecule has 0 spiro atoms. The van der Waals surface area contributed by atoms with Crippen molar-refractivity contribution < 1.29 is 9.59 Å². The average molecular weight is 275 g/mol. The molecule has 0 aliphatic carbocycles. The third kappa shape index (κ3) is 4.76. The van der Waals surface area contributed by atoms with Gasteiger partial charge in [-0.25, -0.2) is 0 Å². The van der Waals surface area contributed by atoms with Gasteiger partial charge in [0.05, 0.1) is 6.54 Å². The van der Waals surface area contributed by atoms with E-state index in [-0.39, 0.29) is 12.5 Å². The average Bonchev–Trinajstić information content (AvgIpc) is 2.42. The number of primary amides is 1. The van der Waals surface area contributed by atoms with Crippen molar-refractivity contribution in [2.24, 2.45) is 5.73 Å². The molecule has 0 atom stereocenters. The van der Waals surface area contributed by atoms with Gasteiger partial charge in [-0.1, -0.05) is 12.2 Å². The van der Waals surface area contributed by atoms with Crippen LogP contribution in [0.5, 0.6) is 0 Å². The number of nitrogens with one attached hydrogen (secondary N) is 1. The van der Waals surface area contributed by atoms with E-state index in [0.717, 1.165) is 11.3 Å². The van der Waals surface area contributed by atoms with Crippen LogP contribution in [0.4, 0.5) is 5.69 Å². The van der Waals surface area contributed by atoms with Crippen LogP contribution in [0.3, 0.4) is 0 Å². The molecular weight excluding hydrogens is 254 g/mol. The largest absolute Gasteiger partial charge is 0.376 e. The van der Waals surface area contributed by atoms with Crippen LogP contribution in [0.1, 0.15) is 24.2 Å². The molecule has 0 aliphatic rings. The zero-order valence-corrected chi connectivity index (χ0v) is 12.0. The van der Waals surface area contributed by atoms with E-state index in [1.54, 1.807) is 29.2 Å². The molecule has 1 aromatic carbocycles. The first kappa shape index (κ1) is 15.8. The smallest absolute Gasteiger partial charge is 0.248 e. The molecule has 0 aliphatic heterocycles. The van der Waals surface area contributed by atoms with Gasteiger partial charge in [-0.3, -0.25) is 9.59 Å². The maximum absolute atomic E-state index is 12.0. The number of likely N-dealkylation sites (N-methyl/N-ethyl adjacent to an activating group) is 1. The standard InChI is InChI=1S/C15H21N3O2/c1-4-18(10-11(2)3)14(19)9-17-13-7-5-12(6-8-13)15(16)20/h5-8,17H,2,4,9-10H2,1,3H3,(H2,16,20). The van der Waals surface area contributed by atoms with E-state index >= 15 is 0 Å². The summed E-state index contributed by atoms with van der Waals surface area (Å²) in [4.78, 5) is 24.7. The highest BCUT2D eigenvalue weighted by atomic mass is 16.2. The van der Waals surface area contributed by atoms with Gasteiger partial charge in [0.1, 0.15) is 0 Å². The fraction of sp³-hybridized carbons (Fsp3) is 0.333. The van der Waals surface area contributed by atoms with Crippen molar-refractivity contribution in [2.75, 3.05) is 25.0 Å². The molecule has 1 rings (SSSR count). The molecule has 0 heterocycles. The molecule has 20 heavy (non-hydrogen) atoms. The second-order valence-electron chi connectivity index (χ2n) is 4.66. The van der Waals surface area contributed by atoms with Crippen molar-refractivity contribution in [3.8, 4) is 0 Å². The molecule has 0 unspecified atom stereocenters. The number of hydrogen-bond acceptors (Lipinski definition) is 3. The summed E-state index contributed by atoms with van der Waals surface area (Å²) in [6.45, 7) is 9.06. The van der Waals surface area contributed by atoms with Crippen LogP contribution in [-0.2, 0) is 4.79 Å². The monoisotopic (exact) mass is 275 g/mol. The second kappa shape index (κ2) is 7.33. The van der Waals surface area contributed by atoms with Crippen molar-refractivity contribution in [3.63, 3.8) is 0 Å². The second-order valence-corrected chi connectivity index (χ2v) is 4.66. The highest BCUT2D eigenvalue weighted by Gasteiger charge is 2.11. The zero-order valence-electron chi connectivity index (χ0n) is 12.0. The minimum atomic E-state index is -0.466. The summed E-state index contributed by atoms with van der Waals surface area (Å²) < 4.78 is 0. The highest BCUT2D eigenvalue weighted by molar-refractivity contribution is 5.93. The fourth-order valence-electron chi connectivity index (χ4n) is 1.74. The Morgan fingerprint density at radius 3 is 2.35 bits per heavy atom. The van der Waals surface area contributed by atoms with Crippen LogP contribution < -0.4 is 11.1 Å². The van der Waals surface area contributed by atoms with E-state index in [1.807, 2.05) is 13.8 Å². The number of anilines is 1. The predicted molar refractivity (Wildman–Crippen MR) is 80.5 cm³/mol. The Labute approximate surface area is 119 Å². The SMILES string of the molecule is C=C(C)CN(CC)C(=O)CNc1ccc(C(N)=O)cc1. The van der Waals surface area contributed by atoms with Crippen LogP contribution in [0.15, 0.2) is 36.4 Å². The van der Waals surface area contributed by atoms with E-state index in [9.17, 15) is 9.59 Å². The van der Waals surface area contributed by atoms with Crippen molar-refractivity contribution >= 4 is 17.5 Å².